The van der Waals surface area contributed by atoms with Crippen LogP contribution in [0.2, 0.25) is 0 Å². The molecule has 8 nitrogen and oxygen atoms in total. The number of aryl methyl sites for hydroxylation is 1. The van der Waals surface area contributed by atoms with Gasteiger partial charge in [-0.2, -0.15) is 0 Å². The van der Waals surface area contributed by atoms with Crippen LogP contribution in [-0.4, -0.2) is 47.7 Å². The van der Waals surface area contributed by atoms with E-state index in [-0.39, 0.29) is 0 Å². The summed E-state index contributed by atoms with van der Waals surface area (Å²) in [4.78, 5) is 24.2. The van der Waals surface area contributed by atoms with Gasteiger partial charge in [0.1, 0.15) is 11.5 Å². The first-order valence-electron chi connectivity index (χ1n) is 8.35. The number of imidazole rings is 1. The molecule has 4 aromatic rings. The summed E-state index contributed by atoms with van der Waals surface area (Å²) in [6.07, 6.45) is 4.86. The lowest BCUT2D eigenvalue weighted by molar-refractivity contribution is 0.208. The highest BCUT2D eigenvalue weighted by Crippen LogP contribution is 2.30. The van der Waals surface area contributed by atoms with Crippen molar-refractivity contribution in [3.05, 3.63) is 42.6 Å². The molecule has 0 saturated heterocycles. The molecular formula is C18H19N7O. The summed E-state index contributed by atoms with van der Waals surface area (Å²) >= 11 is 0. The van der Waals surface area contributed by atoms with Gasteiger partial charge in [0.15, 0.2) is 0 Å². The minimum atomic E-state index is -0.480. The molecule has 8 heteroatoms. The quantitative estimate of drug-likeness (QED) is 0.440. The predicted molar refractivity (Wildman–Crippen MR) is 99.6 cm³/mol. The number of hydrogen-bond acceptors (Lipinski definition) is 6. The Morgan fingerprint density at radius 1 is 1.23 bits per heavy atom. The summed E-state index contributed by atoms with van der Waals surface area (Å²) < 4.78 is 0. The molecule has 4 heterocycles. The van der Waals surface area contributed by atoms with Crippen molar-refractivity contribution in [2.24, 2.45) is 0 Å². The Hall–Kier alpha value is -3.26. The van der Waals surface area contributed by atoms with Gasteiger partial charge in [-0.25, -0.2) is 19.9 Å². The zero-order valence-electron chi connectivity index (χ0n) is 14.5. The Kier molecular flexibility index (Phi) is 4.10. The van der Waals surface area contributed by atoms with Gasteiger partial charge >= 0.3 is 0 Å². The molecule has 0 bridgehead atoms. The number of H-pyrrole nitrogens is 2. The number of aromatic nitrogens is 6. The lowest BCUT2D eigenvalue weighted by Gasteiger charge is -2.08. The molecule has 0 aromatic carbocycles. The highest BCUT2D eigenvalue weighted by atomic mass is 16.3. The first-order valence-corrected chi connectivity index (χ1v) is 8.35. The number of hydrogen-bond donors (Lipinski definition) is 4. The van der Waals surface area contributed by atoms with Crippen LogP contribution in [0.1, 0.15) is 12.7 Å². The third-order valence-corrected chi connectivity index (χ3v) is 3.96. The van der Waals surface area contributed by atoms with Gasteiger partial charge in [-0.05, 0) is 32.0 Å². The maximum atomic E-state index is 9.42. The second-order valence-electron chi connectivity index (χ2n) is 6.18. The second kappa shape index (κ2) is 6.57. The fraction of sp³-hybridized carbons (Fsp3) is 0.222. The Labute approximate surface area is 149 Å². The molecule has 4 N–H and O–H groups in total. The van der Waals surface area contributed by atoms with E-state index in [4.69, 9.17) is 0 Å². The minimum Gasteiger partial charge on any atom is -0.392 e. The minimum absolute atomic E-state index is 0.381. The zero-order chi connectivity index (χ0) is 18.1. The molecule has 132 valence electrons. The van der Waals surface area contributed by atoms with E-state index in [1.165, 1.54) is 0 Å². The summed E-state index contributed by atoms with van der Waals surface area (Å²) in [6.45, 7) is 3.99. The average Bonchev–Trinajstić information content (AvgIpc) is 3.25. The maximum absolute atomic E-state index is 9.42. The fourth-order valence-corrected chi connectivity index (χ4v) is 2.78. The lowest BCUT2D eigenvalue weighted by atomic mass is 10.1. The van der Waals surface area contributed by atoms with Crippen LogP contribution in [0.3, 0.4) is 0 Å². The summed E-state index contributed by atoms with van der Waals surface area (Å²) in [6, 6.07) is 5.85. The van der Waals surface area contributed by atoms with E-state index in [1.54, 1.807) is 19.3 Å². The Balaban J connectivity index is 1.75. The van der Waals surface area contributed by atoms with Gasteiger partial charge in [-0.1, -0.05) is 0 Å². The molecule has 0 aliphatic rings. The molecule has 0 saturated carbocycles. The van der Waals surface area contributed by atoms with Crippen molar-refractivity contribution in [3.63, 3.8) is 0 Å². The largest absolute Gasteiger partial charge is 0.392 e. The molecule has 0 radical (unpaired) electrons. The van der Waals surface area contributed by atoms with Gasteiger partial charge in [-0.15, -0.1) is 0 Å². The van der Waals surface area contributed by atoms with Crippen LogP contribution < -0.4 is 5.32 Å². The van der Waals surface area contributed by atoms with Crippen LogP contribution in [-0.2, 0) is 0 Å². The molecule has 4 aromatic heterocycles. The summed E-state index contributed by atoms with van der Waals surface area (Å²) in [5, 5.41) is 13.5. The highest BCUT2D eigenvalue weighted by molar-refractivity contribution is 5.84. The number of nitrogens with zero attached hydrogens (tertiary/aromatic N) is 4. The monoisotopic (exact) mass is 349 g/mol. The molecule has 1 unspecified atom stereocenters. The maximum Gasteiger partial charge on any atom is 0.223 e. The van der Waals surface area contributed by atoms with E-state index >= 15 is 0 Å². The normalized spacial score (nSPS) is 12.4. The smallest absolute Gasteiger partial charge is 0.223 e. The molecule has 0 aliphatic heterocycles. The van der Waals surface area contributed by atoms with Gasteiger partial charge in [-0.3, -0.25) is 0 Å². The first-order chi connectivity index (χ1) is 12.6. The molecule has 26 heavy (non-hydrogen) atoms. The summed E-state index contributed by atoms with van der Waals surface area (Å²) in [7, 11) is 0. The Bertz CT molecular complexity index is 1050. The number of pyridine rings is 1. The summed E-state index contributed by atoms with van der Waals surface area (Å²) in [5.41, 5.74) is 4.07. The van der Waals surface area contributed by atoms with Crippen molar-refractivity contribution in [2.45, 2.75) is 20.0 Å². The molecular weight excluding hydrogens is 330 g/mol. The number of aliphatic hydroxyl groups is 1. The van der Waals surface area contributed by atoms with Crippen LogP contribution in [0.5, 0.6) is 0 Å². The Morgan fingerprint density at radius 3 is 2.96 bits per heavy atom. The highest BCUT2D eigenvalue weighted by Gasteiger charge is 2.15. The first kappa shape index (κ1) is 16.2. The SMILES string of the molecule is Cc1nc(-c2cnc3[nH]ccc3c2)c(-c2ccnc(NCC(C)O)n2)[nH]1. The summed E-state index contributed by atoms with van der Waals surface area (Å²) in [5.74, 6) is 1.25. The van der Waals surface area contributed by atoms with E-state index in [2.05, 4.69) is 35.2 Å². The van der Waals surface area contributed by atoms with E-state index in [1.807, 2.05) is 31.3 Å². The van der Waals surface area contributed by atoms with Gasteiger partial charge in [0, 0.05) is 36.1 Å². The van der Waals surface area contributed by atoms with Gasteiger partial charge < -0.3 is 20.4 Å². The van der Waals surface area contributed by atoms with E-state index in [0.717, 1.165) is 39.5 Å². The van der Waals surface area contributed by atoms with Crippen molar-refractivity contribution >= 4 is 17.0 Å². The van der Waals surface area contributed by atoms with Crippen LogP contribution in [0.25, 0.3) is 33.7 Å². The van der Waals surface area contributed by atoms with Gasteiger partial charge in [0.05, 0.1) is 23.2 Å². The lowest BCUT2D eigenvalue weighted by Crippen LogP contribution is -2.16. The van der Waals surface area contributed by atoms with E-state index in [9.17, 15) is 5.11 Å². The van der Waals surface area contributed by atoms with Crippen LogP contribution >= 0.6 is 0 Å². The molecule has 0 spiro atoms. The molecule has 4 rings (SSSR count). The van der Waals surface area contributed by atoms with Crippen molar-refractivity contribution in [1.82, 2.24) is 29.9 Å². The number of nitrogens with one attached hydrogen (secondary N) is 3. The molecule has 1 atom stereocenters. The third-order valence-electron chi connectivity index (χ3n) is 3.96. The van der Waals surface area contributed by atoms with Gasteiger partial charge in [0.25, 0.3) is 0 Å². The number of anilines is 1. The Morgan fingerprint density at radius 2 is 2.12 bits per heavy atom. The number of fused-ring (bicyclic) bond motifs is 1. The van der Waals surface area contributed by atoms with E-state index in [0.29, 0.717) is 12.5 Å². The molecule has 0 amide bonds. The fourth-order valence-electron chi connectivity index (χ4n) is 2.78. The van der Waals surface area contributed by atoms with Crippen LogP contribution in [0.4, 0.5) is 5.95 Å². The van der Waals surface area contributed by atoms with Crippen molar-refractivity contribution < 1.29 is 5.11 Å². The van der Waals surface area contributed by atoms with Crippen molar-refractivity contribution in [3.8, 4) is 22.6 Å². The zero-order valence-corrected chi connectivity index (χ0v) is 14.5. The average molecular weight is 349 g/mol. The second-order valence-corrected chi connectivity index (χ2v) is 6.18. The predicted octanol–water partition coefficient (Wildman–Crippen LogP) is 2.51. The van der Waals surface area contributed by atoms with Crippen molar-refractivity contribution in [1.29, 1.82) is 0 Å². The number of rotatable bonds is 5. The number of aliphatic hydroxyl groups excluding tert-OH is 1. The topological polar surface area (TPSA) is 115 Å². The van der Waals surface area contributed by atoms with E-state index < -0.39 is 6.10 Å². The van der Waals surface area contributed by atoms with Crippen LogP contribution in [0.15, 0.2) is 36.8 Å². The van der Waals surface area contributed by atoms with Gasteiger partial charge in [0.2, 0.25) is 5.95 Å². The molecule has 0 aliphatic carbocycles. The standard InChI is InChI=1S/C18H19N7O/c1-10(26)8-22-18-20-6-4-14(25-18)16-15(23-11(2)24-16)13-7-12-3-5-19-17(12)21-9-13/h3-7,9-10,26H,8H2,1-2H3,(H,19,21)(H,23,24)(H,20,22,25). The van der Waals surface area contributed by atoms with Crippen LogP contribution in [0, 0.1) is 6.92 Å². The molecule has 0 fully saturated rings. The van der Waals surface area contributed by atoms with Crippen molar-refractivity contribution in [2.75, 3.05) is 11.9 Å². The third kappa shape index (κ3) is 3.14. The number of aromatic amines is 2.